The predicted molar refractivity (Wildman–Crippen MR) is 64.2 cm³/mol. The molecule has 0 aliphatic rings. The Hall–Kier alpha value is -1.68. The smallest absolute Gasteiger partial charge is 0.328 e. The van der Waals surface area contributed by atoms with Gasteiger partial charge in [-0.15, -0.1) is 0 Å². The number of hydrogen-bond acceptors (Lipinski definition) is 2. The molecule has 0 saturated heterocycles. The standard InChI is InChI=1S/C13H16FNO2/c1-10-8-11(5-6-12(10)14)9-15(2)7-3-4-13(16)17/h3-6,8H,7,9H2,1-2H3,(H,16,17)/b4-3+. The van der Waals surface area contributed by atoms with Gasteiger partial charge in [-0.2, -0.15) is 0 Å². The van der Waals surface area contributed by atoms with Crippen molar-refractivity contribution in [3.05, 3.63) is 47.3 Å². The number of likely N-dealkylation sites (N-methyl/N-ethyl adjacent to an activating group) is 1. The Labute approximate surface area is 100 Å². The van der Waals surface area contributed by atoms with Crippen molar-refractivity contribution in [2.45, 2.75) is 13.5 Å². The lowest BCUT2D eigenvalue weighted by atomic mass is 10.1. The van der Waals surface area contributed by atoms with Gasteiger partial charge in [-0.3, -0.25) is 4.90 Å². The molecule has 1 aromatic rings. The van der Waals surface area contributed by atoms with Gasteiger partial charge in [-0.25, -0.2) is 9.18 Å². The number of benzene rings is 1. The second-order valence-electron chi connectivity index (χ2n) is 4.02. The number of hydrogen-bond donors (Lipinski definition) is 1. The van der Waals surface area contributed by atoms with Crippen molar-refractivity contribution in [1.29, 1.82) is 0 Å². The third-order valence-electron chi connectivity index (χ3n) is 2.35. The lowest BCUT2D eigenvalue weighted by Crippen LogP contribution is -2.18. The molecule has 0 atom stereocenters. The van der Waals surface area contributed by atoms with E-state index in [0.717, 1.165) is 11.6 Å². The molecule has 0 unspecified atom stereocenters. The highest BCUT2D eigenvalue weighted by molar-refractivity contribution is 5.79. The summed E-state index contributed by atoms with van der Waals surface area (Å²) in [6.45, 7) is 2.93. The van der Waals surface area contributed by atoms with E-state index in [0.29, 0.717) is 18.7 Å². The van der Waals surface area contributed by atoms with Crippen LogP contribution >= 0.6 is 0 Å². The van der Waals surface area contributed by atoms with E-state index in [2.05, 4.69) is 0 Å². The summed E-state index contributed by atoms with van der Waals surface area (Å²) in [5.41, 5.74) is 1.63. The van der Waals surface area contributed by atoms with Gasteiger partial charge in [0, 0.05) is 19.2 Å². The van der Waals surface area contributed by atoms with E-state index in [1.807, 2.05) is 11.9 Å². The van der Waals surface area contributed by atoms with Crippen LogP contribution in [0, 0.1) is 12.7 Å². The molecule has 92 valence electrons. The van der Waals surface area contributed by atoms with Crippen LogP contribution in [-0.2, 0) is 11.3 Å². The van der Waals surface area contributed by atoms with E-state index in [1.54, 1.807) is 25.1 Å². The summed E-state index contributed by atoms with van der Waals surface area (Å²) in [6, 6.07) is 4.98. The van der Waals surface area contributed by atoms with Crippen molar-refractivity contribution in [1.82, 2.24) is 4.90 Å². The van der Waals surface area contributed by atoms with E-state index < -0.39 is 5.97 Å². The molecule has 1 aromatic carbocycles. The van der Waals surface area contributed by atoms with E-state index in [4.69, 9.17) is 5.11 Å². The molecule has 4 heteroatoms. The van der Waals surface area contributed by atoms with Crippen molar-refractivity contribution < 1.29 is 14.3 Å². The molecule has 0 spiro atoms. The van der Waals surface area contributed by atoms with Gasteiger partial charge in [0.15, 0.2) is 0 Å². The second-order valence-corrected chi connectivity index (χ2v) is 4.02. The molecule has 1 N–H and O–H groups in total. The molecule has 0 bridgehead atoms. The highest BCUT2D eigenvalue weighted by atomic mass is 19.1. The third-order valence-corrected chi connectivity index (χ3v) is 2.35. The first-order valence-corrected chi connectivity index (χ1v) is 5.32. The van der Waals surface area contributed by atoms with Gasteiger partial charge >= 0.3 is 5.97 Å². The van der Waals surface area contributed by atoms with Crippen LogP contribution in [-0.4, -0.2) is 29.6 Å². The molecule has 0 fully saturated rings. The summed E-state index contributed by atoms with van der Waals surface area (Å²) < 4.78 is 13.0. The third kappa shape index (κ3) is 4.78. The number of nitrogens with zero attached hydrogens (tertiary/aromatic N) is 1. The number of halogens is 1. The normalized spacial score (nSPS) is 11.3. The monoisotopic (exact) mass is 237 g/mol. The topological polar surface area (TPSA) is 40.5 Å². The average Bonchev–Trinajstić information content (AvgIpc) is 2.23. The molecule has 0 aliphatic carbocycles. The van der Waals surface area contributed by atoms with Crippen LogP contribution in [0.1, 0.15) is 11.1 Å². The van der Waals surface area contributed by atoms with Gasteiger partial charge in [-0.05, 0) is 31.2 Å². The van der Waals surface area contributed by atoms with E-state index in [9.17, 15) is 9.18 Å². The Morgan fingerprint density at radius 3 is 2.82 bits per heavy atom. The molecule has 0 radical (unpaired) electrons. The number of aryl methyl sites for hydroxylation is 1. The zero-order valence-corrected chi connectivity index (χ0v) is 9.98. The van der Waals surface area contributed by atoms with Crippen LogP contribution in [0.4, 0.5) is 4.39 Å². The summed E-state index contributed by atoms with van der Waals surface area (Å²) >= 11 is 0. The van der Waals surface area contributed by atoms with Crippen LogP contribution in [0.25, 0.3) is 0 Å². The Morgan fingerprint density at radius 1 is 1.53 bits per heavy atom. The first-order valence-electron chi connectivity index (χ1n) is 5.32. The highest BCUT2D eigenvalue weighted by Gasteiger charge is 2.02. The molecule has 17 heavy (non-hydrogen) atoms. The number of aliphatic carboxylic acids is 1. The molecule has 0 aliphatic heterocycles. The summed E-state index contributed by atoms with van der Waals surface area (Å²) in [5.74, 6) is -1.15. The van der Waals surface area contributed by atoms with Crippen LogP contribution < -0.4 is 0 Å². The average molecular weight is 237 g/mol. The quantitative estimate of drug-likeness (QED) is 0.798. The van der Waals surface area contributed by atoms with Gasteiger partial charge in [0.25, 0.3) is 0 Å². The molecule has 0 saturated carbocycles. The maximum atomic E-state index is 13.0. The molecular weight excluding hydrogens is 221 g/mol. The fourth-order valence-electron chi connectivity index (χ4n) is 1.51. The lowest BCUT2D eigenvalue weighted by molar-refractivity contribution is -0.131. The summed E-state index contributed by atoms with van der Waals surface area (Å²) in [5, 5.41) is 8.44. The lowest BCUT2D eigenvalue weighted by Gasteiger charge is -2.14. The Kier molecular flexibility index (Phi) is 4.84. The minimum Gasteiger partial charge on any atom is -0.478 e. The van der Waals surface area contributed by atoms with Crippen molar-refractivity contribution in [2.24, 2.45) is 0 Å². The van der Waals surface area contributed by atoms with E-state index in [-0.39, 0.29) is 5.82 Å². The molecule has 3 nitrogen and oxygen atoms in total. The van der Waals surface area contributed by atoms with Crippen LogP contribution in [0.5, 0.6) is 0 Å². The summed E-state index contributed by atoms with van der Waals surface area (Å²) in [6.07, 6.45) is 2.70. The largest absolute Gasteiger partial charge is 0.478 e. The fourth-order valence-corrected chi connectivity index (χ4v) is 1.51. The van der Waals surface area contributed by atoms with Crippen molar-refractivity contribution in [3.63, 3.8) is 0 Å². The minimum absolute atomic E-state index is 0.206. The van der Waals surface area contributed by atoms with Gasteiger partial charge in [0.05, 0.1) is 0 Å². The van der Waals surface area contributed by atoms with Crippen LogP contribution in [0.2, 0.25) is 0 Å². The zero-order chi connectivity index (χ0) is 12.8. The van der Waals surface area contributed by atoms with Gasteiger partial charge in [-0.1, -0.05) is 18.2 Å². The zero-order valence-electron chi connectivity index (χ0n) is 9.98. The Morgan fingerprint density at radius 2 is 2.24 bits per heavy atom. The number of rotatable bonds is 5. The summed E-state index contributed by atoms with van der Waals surface area (Å²) in [4.78, 5) is 12.2. The maximum absolute atomic E-state index is 13.0. The molecule has 0 heterocycles. The predicted octanol–water partition coefficient (Wildman–Crippen LogP) is 2.21. The molecule has 0 amide bonds. The minimum atomic E-state index is -0.948. The SMILES string of the molecule is Cc1cc(CN(C)C/C=C/C(=O)O)ccc1F. The van der Waals surface area contributed by atoms with Crippen molar-refractivity contribution in [2.75, 3.05) is 13.6 Å². The highest BCUT2D eigenvalue weighted by Crippen LogP contribution is 2.10. The van der Waals surface area contributed by atoms with Crippen molar-refractivity contribution >= 4 is 5.97 Å². The Balaban J connectivity index is 2.53. The second kappa shape index (κ2) is 6.15. The van der Waals surface area contributed by atoms with Crippen LogP contribution in [0.3, 0.4) is 0 Å². The fraction of sp³-hybridized carbons (Fsp3) is 0.308. The van der Waals surface area contributed by atoms with Crippen molar-refractivity contribution in [3.8, 4) is 0 Å². The number of carboxylic acids is 1. The molecule has 1 rings (SSSR count). The number of carboxylic acid groups (broad SMARTS) is 1. The first-order chi connectivity index (χ1) is 7.99. The molecular formula is C13H16FNO2. The van der Waals surface area contributed by atoms with Crippen LogP contribution in [0.15, 0.2) is 30.4 Å². The number of carbonyl (C=O) groups is 1. The van der Waals surface area contributed by atoms with E-state index >= 15 is 0 Å². The summed E-state index contributed by atoms with van der Waals surface area (Å²) in [7, 11) is 1.88. The van der Waals surface area contributed by atoms with Gasteiger partial charge in [0.1, 0.15) is 5.82 Å². The van der Waals surface area contributed by atoms with E-state index in [1.165, 1.54) is 6.07 Å². The van der Waals surface area contributed by atoms with Gasteiger partial charge < -0.3 is 5.11 Å². The molecule has 0 aromatic heterocycles. The Bertz CT molecular complexity index is 429. The van der Waals surface area contributed by atoms with Gasteiger partial charge in [0.2, 0.25) is 0 Å². The first kappa shape index (κ1) is 13.4. The maximum Gasteiger partial charge on any atom is 0.328 e.